The highest BCUT2D eigenvalue weighted by molar-refractivity contribution is 9.10. The van der Waals surface area contributed by atoms with Gasteiger partial charge in [-0.15, -0.1) is 11.6 Å². The van der Waals surface area contributed by atoms with Crippen LogP contribution in [-0.4, -0.2) is 24.0 Å². The monoisotopic (exact) mass is 458 g/mol. The number of hydrogen-bond donors (Lipinski definition) is 2. The van der Waals surface area contributed by atoms with E-state index in [4.69, 9.17) is 22.1 Å². The molecule has 0 atom stereocenters. The summed E-state index contributed by atoms with van der Waals surface area (Å²) >= 11 is 9.15. The number of carbonyl (C=O) groups is 1. The number of anilines is 1. The highest BCUT2D eigenvalue weighted by Crippen LogP contribution is 2.32. The summed E-state index contributed by atoms with van der Waals surface area (Å²) in [5, 5.41) is 3.74. The molecule has 1 aromatic rings. The number of esters is 1. The normalized spacial score (nSPS) is 16.3. The Morgan fingerprint density at radius 2 is 2.00 bits per heavy atom. The summed E-state index contributed by atoms with van der Waals surface area (Å²) in [6.45, 7) is 3.33. The molecule has 3 N–H and O–H groups in total. The van der Waals surface area contributed by atoms with Crippen LogP contribution in [0.15, 0.2) is 16.6 Å². The van der Waals surface area contributed by atoms with E-state index in [9.17, 15) is 4.79 Å². The summed E-state index contributed by atoms with van der Waals surface area (Å²) in [6.07, 6.45) is 10.1. The lowest BCUT2D eigenvalue weighted by atomic mass is 9.79. The maximum Gasteiger partial charge on any atom is 0.338 e. The zero-order chi connectivity index (χ0) is 19.7. The molecule has 0 amide bonds. The van der Waals surface area contributed by atoms with E-state index in [1.807, 2.05) is 6.07 Å². The molecule has 4 nitrogen and oxygen atoms in total. The van der Waals surface area contributed by atoms with Crippen LogP contribution in [0, 0.1) is 0 Å². The molecule has 0 unspecified atom stereocenters. The highest BCUT2D eigenvalue weighted by Gasteiger charge is 2.29. The first-order valence-corrected chi connectivity index (χ1v) is 11.4. The summed E-state index contributed by atoms with van der Waals surface area (Å²) in [4.78, 5) is 12.4. The molecule has 152 valence electrons. The van der Waals surface area contributed by atoms with Gasteiger partial charge in [-0.3, -0.25) is 0 Å². The van der Waals surface area contributed by atoms with Gasteiger partial charge in [0.25, 0.3) is 0 Å². The van der Waals surface area contributed by atoms with Crippen molar-refractivity contribution in [3.63, 3.8) is 0 Å². The number of nitrogen functional groups attached to an aromatic ring is 1. The fourth-order valence-electron chi connectivity index (χ4n) is 3.73. The minimum atomic E-state index is -0.300. The van der Waals surface area contributed by atoms with Gasteiger partial charge in [-0.1, -0.05) is 26.2 Å². The van der Waals surface area contributed by atoms with E-state index in [-0.39, 0.29) is 11.5 Å². The van der Waals surface area contributed by atoms with Crippen molar-refractivity contribution in [3.05, 3.63) is 27.7 Å². The van der Waals surface area contributed by atoms with Gasteiger partial charge in [0, 0.05) is 22.4 Å². The fraction of sp³-hybridized carbons (Fsp3) is 0.667. The van der Waals surface area contributed by atoms with Gasteiger partial charge in [0.05, 0.1) is 17.9 Å². The van der Waals surface area contributed by atoms with Crippen molar-refractivity contribution in [1.82, 2.24) is 5.32 Å². The molecule has 0 heterocycles. The van der Waals surface area contributed by atoms with E-state index >= 15 is 0 Å². The van der Waals surface area contributed by atoms with Crippen LogP contribution in [0.5, 0.6) is 0 Å². The fourth-order valence-corrected chi connectivity index (χ4v) is 4.42. The molecule has 1 saturated carbocycles. The summed E-state index contributed by atoms with van der Waals surface area (Å²) < 4.78 is 6.14. The molecular formula is C21H32BrClN2O2. The predicted molar refractivity (Wildman–Crippen MR) is 116 cm³/mol. The molecule has 27 heavy (non-hydrogen) atoms. The number of nitrogens with two attached hydrogens (primary N) is 1. The van der Waals surface area contributed by atoms with Crippen LogP contribution >= 0.6 is 27.5 Å². The Morgan fingerprint density at radius 1 is 1.26 bits per heavy atom. The van der Waals surface area contributed by atoms with Gasteiger partial charge in [0.15, 0.2) is 0 Å². The van der Waals surface area contributed by atoms with Gasteiger partial charge in [-0.05, 0) is 72.2 Å². The standard InChI is InChI=1S/C21H32BrClN2O2/c1-2-21(9-5-3-6-10-21)25-15-17-13-16(14-18(22)19(17)24)20(26)27-12-8-4-7-11-23/h13-14,25H,2-12,15,24H2,1H3. The van der Waals surface area contributed by atoms with E-state index in [2.05, 4.69) is 28.2 Å². The first-order chi connectivity index (χ1) is 13.0. The molecule has 0 spiro atoms. The minimum absolute atomic E-state index is 0.191. The molecule has 0 saturated heterocycles. The van der Waals surface area contributed by atoms with Gasteiger partial charge < -0.3 is 15.8 Å². The van der Waals surface area contributed by atoms with E-state index in [1.165, 1.54) is 32.1 Å². The number of hydrogen-bond acceptors (Lipinski definition) is 4. The molecule has 6 heteroatoms. The zero-order valence-corrected chi connectivity index (χ0v) is 18.6. The number of alkyl halides is 1. The maximum absolute atomic E-state index is 12.4. The summed E-state index contributed by atoms with van der Waals surface area (Å²) in [5.74, 6) is 0.347. The van der Waals surface area contributed by atoms with Crippen molar-refractivity contribution in [2.75, 3.05) is 18.2 Å². The largest absolute Gasteiger partial charge is 0.462 e. The van der Waals surface area contributed by atoms with Gasteiger partial charge >= 0.3 is 5.97 Å². The molecule has 0 aliphatic heterocycles. The second-order valence-electron chi connectivity index (χ2n) is 7.46. The van der Waals surface area contributed by atoms with Crippen molar-refractivity contribution in [1.29, 1.82) is 0 Å². The quantitative estimate of drug-likeness (QED) is 0.201. The zero-order valence-electron chi connectivity index (χ0n) is 16.3. The Hall–Kier alpha value is -0.780. The Morgan fingerprint density at radius 3 is 2.67 bits per heavy atom. The Balaban J connectivity index is 2.00. The number of rotatable bonds is 10. The lowest BCUT2D eigenvalue weighted by molar-refractivity contribution is 0.0498. The van der Waals surface area contributed by atoms with Crippen molar-refractivity contribution in [2.24, 2.45) is 0 Å². The summed E-state index contributed by atoms with van der Waals surface area (Å²) in [5.41, 5.74) is 8.61. The second-order valence-corrected chi connectivity index (χ2v) is 8.70. The third-order valence-corrected chi connectivity index (χ3v) is 6.53. The minimum Gasteiger partial charge on any atom is -0.462 e. The van der Waals surface area contributed by atoms with Crippen LogP contribution in [-0.2, 0) is 11.3 Å². The smallest absolute Gasteiger partial charge is 0.338 e. The van der Waals surface area contributed by atoms with Gasteiger partial charge in [-0.2, -0.15) is 0 Å². The van der Waals surface area contributed by atoms with Crippen LogP contribution in [0.3, 0.4) is 0 Å². The third kappa shape index (κ3) is 6.65. The van der Waals surface area contributed by atoms with Crippen LogP contribution in [0.2, 0.25) is 0 Å². The average molecular weight is 460 g/mol. The van der Waals surface area contributed by atoms with Gasteiger partial charge in [0.1, 0.15) is 0 Å². The lowest BCUT2D eigenvalue weighted by Gasteiger charge is -2.38. The van der Waals surface area contributed by atoms with Crippen LogP contribution in [0.1, 0.15) is 80.6 Å². The van der Waals surface area contributed by atoms with Crippen molar-refractivity contribution in [3.8, 4) is 0 Å². The Labute approximate surface area is 176 Å². The van der Waals surface area contributed by atoms with Gasteiger partial charge in [0.2, 0.25) is 0 Å². The third-order valence-electron chi connectivity index (χ3n) is 5.60. The van der Waals surface area contributed by atoms with E-state index in [0.29, 0.717) is 30.3 Å². The maximum atomic E-state index is 12.4. The highest BCUT2D eigenvalue weighted by atomic mass is 79.9. The molecule has 1 aliphatic carbocycles. The van der Waals surface area contributed by atoms with Crippen molar-refractivity contribution in [2.45, 2.75) is 76.8 Å². The summed E-state index contributed by atoms with van der Waals surface area (Å²) in [6, 6.07) is 3.61. The van der Waals surface area contributed by atoms with E-state index in [1.54, 1.807) is 6.07 Å². The van der Waals surface area contributed by atoms with E-state index < -0.39 is 0 Å². The molecular weight excluding hydrogens is 428 g/mol. The van der Waals surface area contributed by atoms with Crippen molar-refractivity contribution >= 4 is 39.2 Å². The number of nitrogens with one attached hydrogen (secondary N) is 1. The first-order valence-electron chi connectivity index (χ1n) is 10.1. The average Bonchev–Trinajstić information content (AvgIpc) is 2.69. The van der Waals surface area contributed by atoms with Crippen LogP contribution in [0.25, 0.3) is 0 Å². The predicted octanol–water partition coefficient (Wildman–Crippen LogP) is 5.80. The number of ether oxygens (including phenoxy) is 1. The number of carbonyl (C=O) groups excluding carboxylic acids is 1. The van der Waals surface area contributed by atoms with Crippen LogP contribution in [0.4, 0.5) is 5.69 Å². The molecule has 2 rings (SSSR count). The van der Waals surface area contributed by atoms with Gasteiger partial charge in [-0.25, -0.2) is 4.79 Å². The molecule has 1 fully saturated rings. The SMILES string of the molecule is CCC1(NCc2cc(C(=O)OCCCCCCl)cc(Br)c2N)CCCCC1. The van der Waals surface area contributed by atoms with Crippen LogP contribution < -0.4 is 11.1 Å². The second kappa shape index (κ2) is 11.3. The summed E-state index contributed by atoms with van der Waals surface area (Å²) in [7, 11) is 0. The molecule has 1 aromatic carbocycles. The topological polar surface area (TPSA) is 64.3 Å². The number of halogens is 2. The Bertz CT molecular complexity index is 618. The number of benzene rings is 1. The van der Waals surface area contributed by atoms with Crippen molar-refractivity contribution < 1.29 is 9.53 Å². The molecule has 0 radical (unpaired) electrons. The Kier molecular flexibility index (Phi) is 9.40. The lowest BCUT2D eigenvalue weighted by Crippen LogP contribution is -2.45. The number of unbranched alkanes of at least 4 members (excludes halogenated alkanes) is 2. The molecule has 1 aliphatic rings. The first kappa shape index (κ1) is 22.5. The molecule has 0 bridgehead atoms. The molecule has 0 aromatic heterocycles. The van der Waals surface area contributed by atoms with E-state index in [0.717, 1.165) is 35.7 Å².